The summed E-state index contributed by atoms with van der Waals surface area (Å²) in [5.74, 6) is -0.719. The molecule has 0 heterocycles. The van der Waals surface area contributed by atoms with Crippen molar-refractivity contribution in [2.75, 3.05) is 0 Å². The van der Waals surface area contributed by atoms with Crippen LogP contribution in [-0.4, -0.2) is 34.0 Å². The quantitative estimate of drug-likeness (QED) is 0.200. The van der Waals surface area contributed by atoms with Crippen molar-refractivity contribution in [3.8, 4) is 0 Å². The topological polar surface area (TPSA) is 74.6 Å². The SMILES string of the molecule is CC(C=CC1=C(C)CC(O)C(O)C1(C)C)=CC=CC(C)=C/C=C/C=C(C)/C=C/C=C(C)/C=C/C1=C(C)C(=O)C(=O)C1(C)C. The summed E-state index contributed by atoms with van der Waals surface area (Å²) in [6.07, 6.45) is 27.2. The van der Waals surface area contributed by atoms with Gasteiger partial charge in [0, 0.05) is 11.0 Å². The molecule has 43 heavy (non-hydrogen) atoms. The largest absolute Gasteiger partial charge is 0.390 e. The van der Waals surface area contributed by atoms with E-state index in [2.05, 4.69) is 37.3 Å². The maximum Gasteiger partial charge on any atom is 0.225 e. The summed E-state index contributed by atoms with van der Waals surface area (Å²) in [7, 11) is 0. The van der Waals surface area contributed by atoms with E-state index in [0.717, 1.165) is 39.0 Å². The minimum atomic E-state index is -0.773. The van der Waals surface area contributed by atoms with Gasteiger partial charge in [0.05, 0.1) is 17.6 Å². The fourth-order valence-corrected chi connectivity index (χ4v) is 5.35. The van der Waals surface area contributed by atoms with Gasteiger partial charge >= 0.3 is 0 Å². The van der Waals surface area contributed by atoms with Gasteiger partial charge < -0.3 is 10.2 Å². The zero-order valence-electron chi connectivity index (χ0n) is 27.7. The first-order valence-corrected chi connectivity index (χ1v) is 14.9. The van der Waals surface area contributed by atoms with Crippen molar-refractivity contribution in [1.82, 2.24) is 0 Å². The number of hydrogen-bond donors (Lipinski definition) is 2. The second kappa shape index (κ2) is 15.2. The Kier molecular flexibility index (Phi) is 12.6. The molecule has 2 aliphatic carbocycles. The van der Waals surface area contributed by atoms with Crippen LogP contribution in [0.3, 0.4) is 0 Å². The third kappa shape index (κ3) is 9.44. The van der Waals surface area contributed by atoms with Crippen molar-refractivity contribution >= 4 is 11.6 Å². The zero-order valence-corrected chi connectivity index (χ0v) is 27.7. The fourth-order valence-electron chi connectivity index (χ4n) is 5.35. The van der Waals surface area contributed by atoms with E-state index < -0.39 is 23.0 Å². The number of carbonyl (C=O) groups excluding carboxylic acids is 2. The van der Waals surface area contributed by atoms with Crippen LogP contribution in [0.25, 0.3) is 0 Å². The highest BCUT2D eigenvalue weighted by Crippen LogP contribution is 2.41. The number of allylic oxidation sites excluding steroid dienone is 20. The van der Waals surface area contributed by atoms with E-state index in [1.807, 2.05) is 96.2 Å². The van der Waals surface area contributed by atoms with Gasteiger partial charge in [-0.15, -0.1) is 0 Å². The maximum atomic E-state index is 12.2. The van der Waals surface area contributed by atoms with Crippen LogP contribution in [0.15, 0.2) is 130 Å². The first kappa shape index (κ1) is 35.6. The molecule has 2 rings (SSSR count). The molecule has 2 unspecified atom stereocenters. The highest BCUT2D eigenvalue weighted by molar-refractivity contribution is 6.48. The van der Waals surface area contributed by atoms with Crippen molar-refractivity contribution in [1.29, 1.82) is 0 Å². The lowest BCUT2D eigenvalue weighted by Gasteiger charge is -2.40. The highest BCUT2D eigenvalue weighted by Gasteiger charge is 2.44. The van der Waals surface area contributed by atoms with E-state index >= 15 is 0 Å². The van der Waals surface area contributed by atoms with Crippen LogP contribution in [0.4, 0.5) is 0 Å². The lowest BCUT2D eigenvalue weighted by atomic mass is 9.69. The molecule has 4 heteroatoms. The van der Waals surface area contributed by atoms with Gasteiger partial charge in [-0.1, -0.05) is 127 Å². The highest BCUT2D eigenvalue weighted by atomic mass is 16.3. The molecule has 0 saturated carbocycles. The second-order valence-electron chi connectivity index (χ2n) is 12.9. The van der Waals surface area contributed by atoms with Gasteiger partial charge in [0.2, 0.25) is 11.6 Å². The van der Waals surface area contributed by atoms with Crippen molar-refractivity contribution in [2.45, 2.75) is 87.9 Å². The molecule has 0 aromatic carbocycles. The summed E-state index contributed by atoms with van der Waals surface area (Å²) in [5.41, 5.74) is 6.62. The molecular weight excluding hydrogens is 532 g/mol. The summed E-state index contributed by atoms with van der Waals surface area (Å²) in [4.78, 5) is 24.2. The molecule has 0 spiro atoms. The van der Waals surface area contributed by atoms with E-state index in [4.69, 9.17) is 0 Å². The van der Waals surface area contributed by atoms with Crippen LogP contribution >= 0.6 is 0 Å². The van der Waals surface area contributed by atoms with Crippen LogP contribution in [0.5, 0.6) is 0 Å². The molecule has 0 aromatic rings. The predicted molar refractivity (Wildman–Crippen MR) is 180 cm³/mol. The Labute approximate surface area is 259 Å². The average molecular weight is 583 g/mol. The molecular formula is C39H50O4. The maximum absolute atomic E-state index is 12.2. The molecule has 2 aliphatic rings. The van der Waals surface area contributed by atoms with Crippen LogP contribution in [0.1, 0.15) is 75.7 Å². The molecule has 4 nitrogen and oxygen atoms in total. The Hall–Kier alpha value is -3.60. The Bertz CT molecular complexity index is 1440. The third-order valence-corrected chi connectivity index (χ3v) is 8.26. The lowest BCUT2D eigenvalue weighted by molar-refractivity contribution is -0.137. The summed E-state index contributed by atoms with van der Waals surface area (Å²) in [5, 5.41) is 20.6. The monoisotopic (exact) mass is 582 g/mol. The van der Waals surface area contributed by atoms with Gasteiger partial charge in [-0.3, -0.25) is 9.59 Å². The number of hydrogen-bond acceptors (Lipinski definition) is 4. The first-order chi connectivity index (χ1) is 20.0. The van der Waals surface area contributed by atoms with Crippen molar-refractivity contribution < 1.29 is 19.8 Å². The third-order valence-electron chi connectivity index (χ3n) is 8.26. The number of aliphatic hydroxyl groups is 2. The normalized spacial score (nSPS) is 24.6. The number of carbonyl (C=O) groups is 2. The summed E-state index contributed by atoms with van der Waals surface area (Å²) in [6, 6.07) is 0. The van der Waals surface area contributed by atoms with Gasteiger partial charge in [0.25, 0.3) is 0 Å². The van der Waals surface area contributed by atoms with Crippen molar-refractivity contribution in [2.24, 2.45) is 10.8 Å². The zero-order chi connectivity index (χ0) is 32.5. The molecule has 0 bridgehead atoms. The van der Waals surface area contributed by atoms with E-state index in [-0.39, 0.29) is 11.6 Å². The number of Topliss-reactive ketones (excluding diaryl/α,β-unsaturated/α-hetero) is 2. The van der Waals surface area contributed by atoms with E-state index in [1.165, 1.54) is 0 Å². The van der Waals surface area contributed by atoms with E-state index in [0.29, 0.717) is 12.0 Å². The lowest BCUT2D eigenvalue weighted by Crippen LogP contribution is -2.44. The van der Waals surface area contributed by atoms with Crippen LogP contribution in [0.2, 0.25) is 0 Å². The molecule has 0 radical (unpaired) electrons. The van der Waals surface area contributed by atoms with E-state index in [1.54, 1.807) is 20.8 Å². The van der Waals surface area contributed by atoms with Crippen molar-refractivity contribution in [3.05, 3.63) is 130 Å². The fraction of sp³-hybridized carbons (Fsp3) is 0.385. The molecule has 0 saturated heterocycles. The van der Waals surface area contributed by atoms with Gasteiger partial charge in [-0.05, 0) is 73.0 Å². The van der Waals surface area contributed by atoms with Crippen LogP contribution < -0.4 is 0 Å². The van der Waals surface area contributed by atoms with Crippen LogP contribution in [0, 0.1) is 10.8 Å². The Morgan fingerprint density at radius 1 is 0.674 bits per heavy atom. The van der Waals surface area contributed by atoms with Crippen LogP contribution in [-0.2, 0) is 9.59 Å². The summed E-state index contributed by atoms with van der Waals surface area (Å²) in [6.45, 7) is 19.4. The molecule has 230 valence electrons. The van der Waals surface area contributed by atoms with Gasteiger partial charge in [0.1, 0.15) is 0 Å². The van der Waals surface area contributed by atoms with E-state index in [9.17, 15) is 19.8 Å². The molecule has 0 aliphatic heterocycles. The van der Waals surface area contributed by atoms with Gasteiger partial charge in [-0.2, -0.15) is 0 Å². The second-order valence-corrected chi connectivity index (χ2v) is 12.9. The predicted octanol–water partition coefficient (Wildman–Crippen LogP) is 8.52. The molecule has 0 aromatic heterocycles. The first-order valence-electron chi connectivity index (χ1n) is 14.9. The standard InChI is InChI=1S/C39H50O4/c1-26(17-13-19-28(3)21-23-32-30(5)25-34(40)36(42)38(32,7)8)15-11-12-16-27(2)18-14-20-29(4)22-24-33-31(6)35(41)37(43)39(33,9)10/h11-24,34,36,40,42H,25H2,1-10H3/b12-11+,17-13?,18-14+,23-21?,24-22+,26-15?,27-16+,28-19?,29-20+. The minimum Gasteiger partial charge on any atom is -0.390 e. The summed E-state index contributed by atoms with van der Waals surface area (Å²) < 4.78 is 0. The Morgan fingerprint density at radius 2 is 1.09 bits per heavy atom. The Morgan fingerprint density at radius 3 is 1.53 bits per heavy atom. The molecule has 2 N–H and O–H groups in total. The minimum absolute atomic E-state index is 0.339. The average Bonchev–Trinajstić information content (AvgIpc) is 3.06. The smallest absolute Gasteiger partial charge is 0.225 e. The molecule has 0 fully saturated rings. The van der Waals surface area contributed by atoms with Gasteiger partial charge in [-0.25, -0.2) is 0 Å². The number of ketones is 2. The van der Waals surface area contributed by atoms with Gasteiger partial charge in [0.15, 0.2) is 0 Å². The Balaban J connectivity index is 1.93. The summed E-state index contributed by atoms with van der Waals surface area (Å²) >= 11 is 0. The molecule has 2 atom stereocenters. The molecule has 0 amide bonds. The van der Waals surface area contributed by atoms with Crippen molar-refractivity contribution in [3.63, 3.8) is 0 Å². The number of aliphatic hydroxyl groups excluding tert-OH is 2. The number of rotatable bonds is 10.